The summed E-state index contributed by atoms with van der Waals surface area (Å²) < 4.78 is 3.19. The standard InChI is InChI=1S/C16H22BrN3/c1-4-13-9-14(5-2)20(19-13)15-8-7-12(11-18-6-3)16(17)10-15/h7-10,18H,4-6,11H2,1-3H3. The second-order valence-corrected chi connectivity index (χ2v) is 5.66. The molecule has 0 amide bonds. The molecule has 1 heterocycles. The van der Waals surface area contributed by atoms with Crippen LogP contribution in [0.5, 0.6) is 0 Å². The largest absolute Gasteiger partial charge is 0.313 e. The van der Waals surface area contributed by atoms with Crippen molar-refractivity contribution >= 4 is 15.9 Å². The molecule has 1 aromatic heterocycles. The summed E-state index contributed by atoms with van der Waals surface area (Å²) in [4.78, 5) is 0. The van der Waals surface area contributed by atoms with Gasteiger partial charge in [0.15, 0.2) is 0 Å². The summed E-state index contributed by atoms with van der Waals surface area (Å²) in [5.74, 6) is 0. The van der Waals surface area contributed by atoms with Gasteiger partial charge < -0.3 is 5.32 Å². The zero-order valence-electron chi connectivity index (χ0n) is 12.4. The van der Waals surface area contributed by atoms with Gasteiger partial charge in [-0.2, -0.15) is 5.10 Å². The lowest BCUT2D eigenvalue weighted by Gasteiger charge is -2.10. The number of benzene rings is 1. The number of hydrogen-bond acceptors (Lipinski definition) is 2. The van der Waals surface area contributed by atoms with E-state index in [1.54, 1.807) is 0 Å². The highest BCUT2D eigenvalue weighted by Crippen LogP contribution is 2.22. The van der Waals surface area contributed by atoms with E-state index in [4.69, 9.17) is 0 Å². The van der Waals surface area contributed by atoms with Gasteiger partial charge in [0, 0.05) is 16.7 Å². The van der Waals surface area contributed by atoms with Crippen LogP contribution in [-0.4, -0.2) is 16.3 Å². The SMILES string of the molecule is CCNCc1ccc(-n2nc(CC)cc2CC)cc1Br. The molecule has 0 aliphatic rings. The maximum atomic E-state index is 4.68. The van der Waals surface area contributed by atoms with Gasteiger partial charge in [-0.25, -0.2) is 4.68 Å². The molecule has 108 valence electrons. The Bertz CT molecular complexity index is 575. The molecular formula is C16H22BrN3. The van der Waals surface area contributed by atoms with E-state index < -0.39 is 0 Å². The third-order valence-electron chi connectivity index (χ3n) is 3.40. The summed E-state index contributed by atoms with van der Waals surface area (Å²) in [6.07, 6.45) is 1.96. The normalized spacial score (nSPS) is 11.0. The molecule has 0 spiro atoms. The van der Waals surface area contributed by atoms with Crippen LogP contribution in [0.1, 0.15) is 37.7 Å². The zero-order valence-corrected chi connectivity index (χ0v) is 14.0. The lowest BCUT2D eigenvalue weighted by atomic mass is 10.2. The predicted octanol–water partition coefficient (Wildman–Crippen LogP) is 3.87. The molecule has 0 aliphatic carbocycles. The van der Waals surface area contributed by atoms with Crippen molar-refractivity contribution < 1.29 is 0 Å². The molecule has 1 aromatic carbocycles. The van der Waals surface area contributed by atoms with Crippen molar-refractivity contribution in [2.45, 2.75) is 40.2 Å². The second-order valence-electron chi connectivity index (χ2n) is 4.80. The van der Waals surface area contributed by atoms with Crippen LogP contribution >= 0.6 is 15.9 Å². The molecule has 0 fully saturated rings. The van der Waals surface area contributed by atoms with E-state index in [0.717, 1.165) is 41.8 Å². The van der Waals surface area contributed by atoms with Crippen LogP contribution in [0.2, 0.25) is 0 Å². The zero-order chi connectivity index (χ0) is 14.5. The van der Waals surface area contributed by atoms with Crippen LogP contribution in [0.15, 0.2) is 28.7 Å². The van der Waals surface area contributed by atoms with Gasteiger partial charge in [0.1, 0.15) is 0 Å². The van der Waals surface area contributed by atoms with Crippen LogP contribution < -0.4 is 5.32 Å². The molecule has 0 atom stereocenters. The van der Waals surface area contributed by atoms with E-state index in [1.807, 2.05) is 0 Å². The van der Waals surface area contributed by atoms with Crippen LogP contribution in [0.25, 0.3) is 5.69 Å². The minimum Gasteiger partial charge on any atom is -0.313 e. The number of nitrogens with zero attached hydrogens (tertiary/aromatic N) is 2. The van der Waals surface area contributed by atoms with Crippen molar-refractivity contribution in [1.82, 2.24) is 15.1 Å². The number of nitrogens with one attached hydrogen (secondary N) is 1. The molecule has 0 saturated carbocycles. The number of aromatic nitrogens is 2. The Morgan fingerprint density at radius 2 is 1.95 bits per heavy atom. The average molecular weight is 336 g/mol. The van der Waals surface area contributed by atoms with E-state index in [0.29, 0.717) is 0 Å². The predicted molar refractivity (Wildman–Crippen MR) is 87.4 cm³/mol. The molecule has 1 N–H and O–H groups in total. The van der Waals surface area contributed by atoms with Gasteiger partial charge >= 0.3 is 0 Å². The first kappa shape index (κ1) is 15.3. The number of aryl methyl sites for hydroxylation is 2. The smallest absolute Gasteiger partial charge is 0.0660 e. The van der Waals surface area contributed by atoms with Gasteiger partial charge in [-0.3, -0.25) is 0 Å². The number of halogens is 1. The summed E-state index contributed by atoms with van der Waals surface area (Å²) in [7, 11) is 0. The van der Waals surface area contributed by atoms with Gasteiger partial charge in [0.25, 0.3) is 0 Å². The Morgan fingerprint density at radius 1 is 1.15 bits per heavy atom. The first-order valence-corrected chi connectivity index (χ1v) is 8.06. The Hall–Kier alpha value is -1.13. The van der Waals surface area contributed by atoms with Crippen molar-refractivity contribution in [1.29, 1.82) is 0 Å². The summed E-state index contributed by atoms with van der Waals surface area (Å²) in [6, 6.07) is 8.65. The molecule has 2 aromatic rings. The van der Waals surface area contributed by atoms with Crippen molar-refractivity contribution in [3.8, 4) is 5.69 Å². The van der Waals surface area contributed by atoms with Gasteiger partial charge in [-0.05, 0) is 43.1 Å². The highest BCUT2D eigenvalue weighted by atomic mass is 79.9. The molecule has 0 radical (unpaired) electrons. The fourth-order valence-electron chi connectivity index (χ4n) is 2.19. The second kappa shape index (κ2) is 7.04. The number of rotatable bonds is 6. The van der Waals surface area contributed by atoms with Crippen molar-refractivity contribution in [2.75, 3.05) is 6.54 Å². The third-order valence-corrected chi connectivity index (χ3v) is 4.14. The van der Waals surface area contributed by atoms with Crippen molar-refractivity contribution in [3.63, 3.8) is 0 Å². The highest BCUT2D eigenvalue weighted by molar-refractivity contribution is 9.10. The summed E-state index contributed by atoms with van der Waals surface area (Å²) in [5, 5.41) is 8.03. The summed E-state index contributed by atoms with van der Waals surface area (Å²) >= 11 is 3.66. The molecule has 3 nitrogen and oxygen atoms in total. The van der Waals surface area contributed by atoms with Crippen molar-refractivity contribution in [3.05, 3.63) is 45.7 Å². The first-order valence-electron chi connectivity index (χ1n) is 7.26. The Kier molecular flexibility index (Phi) is 5.38. The van der Waals surface area contributed by atoms with E-state index in [2.05, 4.69) is 76.1 Å². The van der Waals surface area contributed by atoms with E-state index in [9.17, 15) is 0 Å². The maximum absolute atomic E-state index is 4.68. The Balaban J connectivity index is 2.33. The van der Waals surface area contributed by atoms with Gasteiger partial charge in [-0.1, -0.05) is 42.8 Å². The Labute approximate surface area is 129 Å². The fourth-order valence-corrected chi connectivity index (χ4v) is 2.70. The molecule has 2 rings (SSSR count). The van der Waals surface area contributed by atoms with E-state index in [1.165, 1.54) is 11.3 Å². The lowest BCUT2D eigenvalue weighted by molar-refractivity contribution is 0.723. The van der Waals surface area contributed by atoms with E-state index >= 15 is 0 Å². The van der Waals surface area contributed by atoms with Crippen LogP contribution in [0.4, 0.5) is 0 Å². The average Bonchev–Trinajstić information content (AvgIpc) is 2.89. The van der Waals surface area contributed by atoms with Gasteiger partial charge in [0.2, 0.25) is 0 Å². The Morgan fingerprint density at radius 3 is 2.55 bits per heavy atom. The fraction of sp³-hybridized carbons (Fsp3) is 0.438. The van der Waals surface area contributed by atoms with Crippen LogP contribution in [0, 0.1) is 0 Å². The van der Waals surface area contributed by atoms with Crippen molar-refractivity contribution in [2.24, 2.45) is 0 Å². The number of hydrogen-bond donors (Lipinski definition) is 1. The minimum absolute atomic E-state index is 0.886. The van der Waals surface area contributed by atoms with E-state index in [-0.39, 0.29) is 0 Å². The van der Waals surface area contributed by atoms with Crippen LogP contribution in [0.3, 0.4) is 0 Å². The molecular weight excluding hydrogens is 314 g/mol. The molecule has 0 aliphatic heterocycles. The maximum Gasteiger partial charge on any atom is 0.0660 e. The third kappa shape index (κ3) is 3.30. The first-order chi connectivity index (χ1) is 9.69. The van der Waals surface area contributed by atoms with Crippen LogP contribution in [-0.2, 0) is 19.4 Å². The highest BCUT2D eigenvalue weighted by Gasteiger charge is 2.09. The van der Waals surface area contributed by atoms with Gasteiger partial charge in [-0.15, -0.1) is 0 Å². The quantitative estimate of drug-likeness (QED) is 0.868. The molecule has 4 heteroatoms. The van der Waals surface area contributed by atoms with Gasteiger partial charge in [0.05, 0.1) is 11.4 Å². The summed E-state index contributed by atoms with van der Waals surface area (Å²) in [6.45, 7) is 8.29. The summed E-state index contributed by atoms with van der Waals surface area (Å²) in [5.41, 5.74) is 4.80. The molecule has 0 saturated heterocycles. The minimum atomic E-state index is 0.886. The monoisotopic (exact) mass is 335 g/mol. The molecule has 0 unspecified atom stereocenters. The molecule has 20 heavy (non-hydrogen) atoms. The topological polar surface area (TPSA) is 29.9 Å². The molecule has 0 bridgehead atoms. The lowest BCUT2D eigenvalue weighted by Crippen LogP contribution is -2.12.